The van der Waals surface area contributed by atoms with Gasteiger partial charge in [0.1, 0.15) is 0 Å². The van der Waals surface area contributed by atoms with E-state index in [4.69, 9.17) is 0 Å². The van der Waals surface area contributed by atoms with Crippen LogP contribution in [0, 0.1) is 0 Å². The molecule has 0 bridgehead atoms. The summed E-state index contributed by atoms with van der Waals surface area (Å²) in [7, 11) is 3.16. The van der Waals surface area contributed by atoms with Gasteiger partial charge in [-0.1, -0.05) is 0 Å². The Balaban J connectivity index is 2.22. The van der Waals surface area contributed by atoms with E-state index in [9.17, 15) is 14.7 Å². The van der Waals surface area contributed by atoms with E-state index in [1.165, 1.54) is 11.6 Å². The molecule has 2 heterocycles. The number of aromatic nitrogens is 2. The highest BCUT2D eigenvalue weighted by atomic mass is 16.3. The number of aryl methyl sites for hydroxylation is 1. The van der Waals surface area contributed by atoms with E-state index in [2.05, 4.69) is 4.90 Å². The van der Waals surface area contributed by atoms with Crippen LogP contribution in [0.1, 0.15) is 31.7 Å². The number of hydrogen-bond donors (Lipinski definition) is 1. The highest BCUT2D eigenvalue weighted by Crippen LogP contribution is 2.22. The van der Waals surface area contributed by atoms with E-state index >= 15 is 0 Å². The van der Waals surface area contributed by atoms with E-state index < -0.39 is 0 Å². The Kier molecular flexibility index (Phi) is 4.45. The van der Waals surface area contributed by atoms with Crippen LogP contribution in [0.4, 0.5) is 0 Å². The second-order valence-corrected chi connectivity index (χ2v) is 5.76. The van der Waals surface area contributed by atoms with Crippen molar-refractivity contribution in [2.45, 2.75) is 44.9 Å². The molecule has 0 amide bonds. The fourth-order valence-corrected chi connectivity index (χ4v) is 2.97. The molecule has 1 aromatic heterocycles. The average molecular weight is 281 g/mol. The molecule has 0 radical (unpaired) electrons. The van der Waals surface area contributed by atoms with Gasteiger partial charge in [0.15, 0.2) is 0 Å². The third-order valence-corrected chi connectivity index (χ3v) is 4.00. The molecule has 0 aromatic carbocycles. The summed E-state index contributed by atoms with van der Waals surface area (Å²) < 4.78 is 2.59. The first-order valence-electron chi connectivity index (χ1n) is 7.07. The van der Waals surface area contributed by atoms with Crippen LogP contribution in [-0.4, -0.2) is 37.8 Å². The molecule has 1 aromatic rings. The molecule has 0 saturated carbocycles. The average Bonchev–Trinajstić information content (AvgIpc) is 2.80. The quantitative estimate of drug-likeness (QED) is 0.831. The van der Waals surface area contributed by atoms with Crippen molar-refractivity contribution in [3.8, 4) is 0 Å². The Morgan fingerprint density at radius 1 is 1.40 bits per heavy atom. The zero-order valence-corrected chi connectivity index (χ0v) is 12.4. The summed E-state index contributed by atoms with van der Waals surface area (Å²) in [5.41, 5.74) is 0.101. The summed E-state index contributed by atoms with van der Waals surface area (Å²) in [4.78, 5) is 26.0. The lowest BCUT2D eigenvalue weighted by atomic mass is 10.1. The van der Waals surface area contributed by atoms with Crippen LogP contribution in [-0.2, 0) is 20.6 Å². The third kappa shape index (κ3) is 3.02. The van der Waals surface area contributed by atoms with Crippen molar-refractivity contribution in [2.24, 2.45) is 14.1 Å². The number of aliphatic hydroxyl groups excluding tert-OH is 1. The smallest absolute Gasteiger partial charge is 0.330 e. The first-order chi connectivity index (χ1) is 9.40. The second kappa shape index (κ2) is 5.93. The number of nitrogens with zero attached hydrogens (tertiary/aromatic N) is 3. The molecule has 0 aliphatic carbocycles. The number of aliphatic hydroxyl groups is 1. The number of rotatable bonds is 4. The van der Waals surface area contributed by atoms with E-state index in [0.29, 0.717) is 18.2 Å². The van der Waals surface area contributed by atoms with E-state index in [1.54, 1.807) is 20.2 Å². The maximum absolute atomic E-state index is 12.1. The highest BCUT2D eigenvalue weighted by molar-refractivity contribution is 5.06. The topological polar surface area (TPSA) is 67.5 Å². The van der Waals surface area contributed by atoms with Crippen molar-refractivity contribution in [3.63, 3.8) is 0 Å². The van der Waals surface area contributed by atoms with Gasteiger partial charge in [-0.25, -0.2) is 4.79 Å². The molecule has 6 nitrogen and oxygen atoms in total. The van der Waals surface area contributed by atoms with Crippen molar-refractivity contribution < 1.29 is 5.11 Å². The summed E-state index contributed by atoms with van der Waals surface area (Å²) in [5.74, 6) is 0. The van der Waals surface area contributed by atoms with Crippen molar-refractivity contribution >= 4 is 0 Å². The standard InChI is InChI=1S/C14H23N3O3/c1-10(18)7-12-5-4-6-17(12)9-11-8-15(2)14(20)16(3)13(11)19/h8,10,12,18H,4-7,9H2,1-3H3. The summed E-state index contributed by atoms with van der Waals surface area (Å²) in [5, 5.41) is 9.54. The molecular formula is C14H23N3O3. The Morgan fingerprint density at radius 2 is 2.10 bits per heavy atom. The van der Waals surface area contributed by atoms with E-state index in [-0.39, 0.29) is 17.4 Å². The third-order valence-electron chi connectivity index (χ3n) is 4.00. The molecule has 2 rings (SSSR count). The van der Waals surface area contributed by atoms with Crippen LogP contribution in [0.3, 0.4) is 0 Å². The Morgan fingerprint density at radius 3 is 2.75 bits per heavy atom. The summed E-state index contributed by atoms with van der Waals surface area (Å²) >= 11 is 0. The Labute approximate surface area is 118 Å². The predicted molar refractivity (Wildman–Crippen MR) is 76.7 cm³/mol. The van der Waals surface area contributed by atoms with Gasteiger partial charge in [0.25, 0.3) is 5.56 Å². The molecule has 1 fully saturated rings. The lowest BCUT2D eigenvalue weighted by Crippen LogP contribution is -2.41. The molecular weight excluding hydrogens is 258 g/mol. The Bertz CT molecular complexity index is 588. The van der Waals surface area contributed by atoms with Crippen molar-refractivity contribution in [2.75, 3.05) is 6.54 Å². The maximum Gasteiger partial charge on any atom is 0.330 e. The van der Waals surface area contributed by atoms with Gasteiger partial charge >= 0.3 is 5.69 Å². The first-order valence-corrected chi connectivity index (χ1v) is 7.07. The minimum atomic E-state index is -0.330. The molecule has 112 valence electrons. The molecule has 6 heteroatoms. The summed E-state index contributed by atoms with van der Waals surface area (Å²) in [6.07, 6.45) is 4.16. The van der Waals surface area contributed by atoms with Crippen LogP contribution >= 0.6 is 0 Å². The first kappa shape index (κ1) is 15.0. The number of hydrogen-bond acceptors (Lipinski definition) is 4. The fourth-order valence-electron chi connectivity index (χ4n) is 2.97. The fraction of sp³-hybridized carbons (Fsp3) is 0.714. The zero-order chi connectivity index (χ0) is 14.9. The minimum absolute atomic E-state index is 0.226. The van der Waals surface area contributed by atoms with Crippen LogP contribution in [0.2, 0.25) is 0 Å². The van der Waals surface area contributed by atoms with Crippen LogP contribution in [0.15, 0.2) is 15.8 Å². The molecule has 0 spiro atoms. The van der Waals surface area contributed by atoms with Gasteiger partial charge in [-0.05, 0) is 32.7 Å². The van der Waals surface area contributed by atoms with E-state index in [0.717, 1.165) is 30.4 Å². The van der Waals surface area contributed by atoms with Crippen molar-refractivity contribution in [1.82, 2.24) is 14.0 Å². The monoisotopic (exact) mass is 281 g/mol. The van der Waals surface area contributed by atoms with Gasteiger partial charge in [0.05, 0.1) is 6.10 Å². The van der Waals surface area contributed by atoms with Crippen LogP contribution in [0.5, 0.6) is 0 Å². The molecule has 2 unspecified atom stereocenters. The van der Waals surface area contributed by atoms with Crippen LogP contribution in [0.25, 0.3) is 0 Å². The van der Waals surface area contributed by atoms with Gasteiger partial charge in [-0.3, -0.25) is 14.3 Å². The largest absolute Gasteiger partial charge is 0.393 e. The Hall–Kier alpha value is -1.40. The SMILES string of the molecule is CC(O)CC1CCCN1Cc1cn(C)c(=O)n(C)c1=O. The highest BCUT2D eigenvalue weighted by Gasteiger charge is 2.26. The predicted octanol–water partition coefficient (Wildman–Crippen LogP) is -0.181. The second-order valence-electron chi connectivity index (χ2n) is 5.76. The molecule has 1 N–H and O–H groups in total. The molecule has 2 atom stereocenters. The minimum Gasteiger partial charge on any atom is -0.393 e. The van der Waals surface area contributed by atoms with Crippen molar-refractivity contribution in [1.29, 1.82) is 0 Å². The lowest BCUT2D eigenvalue weighted by molar-refractivity contribution is 0.130. The molecule has 1 aliphatic rings. The van der Waals surface area contributed by atoms with Gasteiger partial charge in [-0.2, -0.15) is 0 Å². The number of likely N-dealkylation sites (tertiary alicyclic amines) is 1. The molecule has 20 heavy (non-hydrogen) atoms. The van der Waals surface area contributed by atoms with Gasteiger partial charge in [-0.15, -0.1) is 0 Å². The normalized spacial score (nSPS) is 21.3. The summed E-state index contributed by atoms with van der Waals surface area (Å²) in [6, 6.07) is 0.317. The maximum atomic E-state index is 12.1. The summed E-state index contributed by atoms with van der Waals surface area (Å²) in [6.45, 7) is 3.27. The van der Waals surface area contributed by atoms with Crippen LogP contribution < -0.4 is 11.2 Å². The van der Waals surface area contributed by atoms with Gasteiger partial charge in [0, 0.05) is 38.4 Å². The van der Waals surface area contributed by atoms with Gasteiger partial charge in [0.2, 0.25) is 0 Å². The molecule has 1 aliphatic heterocycles. The van der Waals surface area contributed by atoms with Crippen molar-refractivity contribution in [3.05, 3.63) is 32.6 Å². The van der Waals surface area contributed by atoms with E-state index in [1.807, 2.05) is 0 Å². The zero-order valence-electron chi connectivity index (χ0n) is 12.4. The lowest BCUT2D eigenvalue weighted by Gasteiger charge is -2.25. The molecule has 1 saturated heterocycles. The van der Waals surface area contributed by atoms with Gasteiger partial charge < -0.3 is 9.67 Å².